The van der Waals surface area contributed by atoms with Crippen LogP contribution in [0.1, 0.15) is 5.82 Å². The summed E-state index contributed by atoms with van der Waals surface area (Å²) in [6.45, 7) is 1.60. The zero-order valence-electron chi connectivity index (χ0n) is 11.0. The number of aryl methyl sites for hydroxylation is 1. The summed E-state index contributed by atoms with van der Waals surface area (Å²) in [5.41, 5.74) is 1.48. The van der Waals surface area contributed by atoms with Crippen LogP contribution in [0.4, 0.5) is 4.39 Å². The second-order valence-electron chi connectivity index (χ2n) is 4.68. The van der Waals surface area contributed by atoms with Crippen LogP contribution in [0.3, 0.4) is 0 Å². The zero-order chi connectivity index (χ0) is 14.0. The molecular weight excluding hydrogens is 288 g/mol. The van der Waals surface area contributed by atoms with Gasteiger partial charge in [-0.05, 0) is 20.2 Å². The van der Waals surface area contributed by atoms with Crippen LogP contribution in [0.15, 0.2) is 12.1 Å². The molecule has 104 valence electrons. The fourth-order valence-corrected chi connectivity index (χ4v) is 2.32. The third-order valence-electron chi connectivity index (χ3n) is 2.96. The number of nitrogens with zero attached hydrogens (tertiary/aromatic N) is 3. The number of halogens is 3. The van der Waals surface area contributed by atoms with Crippen molar-refractivity contribution in [3.8, 4) is 0 Å². The van der Waals surface area contributed by atoms with Gasteiger partial charge in [0, 0.05) is 31.5 Å². The van der Waals surface area contributed by atoms with E-state index in [0.29, 0.717) is 17.8 Å². The van der Waals surface area contributed by atoms with E-state index in [2.05, 4.69) is 9.88 Å². The molecule has 0 saturated heterocycles. The Bertz CT molecular complexity index is 581. The number of aromatic nitrogens is 2. The van der Waals surface area contributed by atoms with Crippen molar-refractivity contribution in [1.29, 1.82) is 0 Å². The molecule has 1 heterocycles. The fourth-order valence-electron chi connectivity index (χ4n) is 1.99. The number of hydrogen-bond donors (Lipinski definition) is 0. The lowest BCUT2D eigenvalue weighted by molar-refractivity contribution is 0.383. The summed E-state index contributed by atoms with van der Waals surface area (Å²) < 4.78 is 15.6. The number of alkyl halides is 1. The molecule has 0 unspecified atom stereocenters. The van der Waals surface area contributed by atoms with Crippen LogP contribution in [-0.4, -0.2) is 41.0 Å². The maximum atomic E-state index is 13.6. The van der Waals surface area contributed by atoms with Gasteiger partial charge in [0.1, 0.15) is 11.6 Å². The number of benzene rings is 1. The molecule has 0 aliphatic carbocycles. The van der Waals surface area contributed by atoms with Gasteiger partial charge in [0.25, 0.3) is 0 Å². The molecule has 2 aromatic rings. The Morgan fingerprint density at radius 1 is 1.37 bits per heavy atom. The van der Waals surface area contributed by atoms with Gasteiger partial charge in [-0.3, -0.25) is 0 Å². The average Bonchev–Trinajstić information content (AvgIpc) is 2.65. The van der Waals surface area contributed by atoms with Crippen LogP contribution in [-0.2, 0) is 13.0 Å². The van der Waals surface area contributed by atoms with Gasteiger partial charge in [-0.25, -0.2) is 9.37 Å². The highest BCUT2D eigenvalue weighted by atomic mass is 35.5. The number of fused-ring (bicyclic) bond motifs is 1. The van der Waals surface area contributed by atoms with Gasteiger partial charge in [-0.15, -0.1) is 11.6 Å². The summed E-state index contributed by atoms with van der Waals surface area (Å²) in [5.74, 6) is 0.938. The molecule has 0 amide bonds. The van der Waals surface area contributed by atoms with Gasteiger partial charge < -0.3 is 9.47 Å². The number of hydrogen-bond acceptors (Lipinski definition) is 2. The van der Waals surface area contributed by atoms with E-state index in [1.54, 1.807) is 6.07 Å². The molecule has 3 nitrogen and oxygen atoms in total. The minimum absolute atomic E-state index is 0.0992. The zero-order valence-corrected chi connectivity index (χ0v) is 12.5. The van der Waals surface area contributed by atoms with E-state index in [1.165, 1.54) is 6.07 Å². The minimum Gasteiger partial charge on any atom is -0.327 e. The number of likely N-dealkylation sites (N-methyl/N-ethyl adjacent to an activating group) is 1. The largest absolute Gasteiger partial charge is 0.327 e. The van der Waals surface area contributed by atoms with Gasteiger partial charge in [-0.1, -0.05) is 11.6 Å². The number of imidazole rings is 1. The topological polar surface area (TPSA) is 21.1 Å². The molecular formula is C13H16Cl2FN3. The van der Waals surface area contributed by atoms with Crippen LogP contribution >= 0.6 is 23.2 Å². The maximum Gasteiger partial charge on any atom is 0.144 e. The molecule has 0 atom stereocenters. The monoisotopic (exact) mass is 303 g/mol. The van der Waals surface area contributed by atoms with Crippen LogP contribution in [0.2, 0.25) is 5.02 Å². The van der Waals surface area contributed by atoms with Crippen molar-refractivity contribution in [2.45, 2.75) is 13.0 Å². The summed E-state index contributed by atoms with van der Waals surface area (Å²) in [5, 5.41) is 0.0992. The summed E-state index contributed by atoms with van der Waals surface area (Å²) in [6.07, 6.45) is 0.656. The molecule has 0 bridgehead atoms. The van der Waals surface area contributed by atoms with E-state index < -0.39 is 5.82 Å². The second kappa shape index (κ2) is 6.07. The third kappa shape index (κ3) is 3.19. The highest BCUT2D eigenvalue weighted by Crippen LogP contribution is 2.24. The molecule has 0 fully saturated rings. The molecule has 1 aromatic heterocycles. The van der Waals surface area contributed by atoms with Crippen molar-refractivity contribution >= 4 is 34.2 Å². The van der Waals surface area contributed by atoms with E-state index in [9.17, 15) is 4.39 Å². The molecule has 1 aromatic carbocycles. The molecule has 0 saturated carbocycles. The first-order valence-corrected chi connectivity index (χ1v) is 6.99. The Kier molecular flexibility index (Phi) is 4.66. The first-order valence-electron chi connectivity index (χ1n) is 6.07. The van der Waals surface area contributed by atoms with Crippen molar-refractivity contribution in [2.75, 3.05) is 26.5 Å². The molecule has 6 heteroatoms. The normalized spacial score (nSPS) is 11.7. The van der Waals surface area contributed by atoms with Gasteiger partial charge in [0.05, 0.1) is 16.1 Å². The molecule has 2 rings (SSSR count). The van der Waals surface area contributed by atoms with E-state index in [1.807, 2.05) is 18.7 Å². The van der Waals surface area contributed by atoms with Gasteiger partial charge in [0.15, 0.2) is 0 Å². The molecule has 19 heavy (non-hydrogen) atoms. The maximum absolute atomic E-state index is 13.6. The Hall–Kier alpha value is -0.840. The Labute approximate surface area is 121 Å². The van der Waals surface area contributed by atoms with E-state index in [0.717, 1.165) is 24.4 Å². The van der Waals surface area contributed by atoms with Gasteiger partial charge >= 0.3 is 0 Å². The second-order valence-corrected chi connectivity index (χ2v) is 5.46. The van der Waals surface area contributed by atoms with E-state index in [4.69, 9.17) is 23.2 Å². The van der Waals surface area contributed by atoms with Crippen LogP contribution in [0.25, 0.3) is 11.0 Å². The fraction of sp³-hybridized carbons (Fsp3) is 0.462. The lowest BCUT2D eigenvalue weighted by atomic mass is 10.3. The molecule has 0 radical (unpaired) electrons. The average molecular weight is 304 g/mol. The van der Waals surface area contributed by atoms with Gasteiger partial charge in [-0.2, -0.15) is 0 Å². The van der Waals surface area contributed by atoms with Crippen molar-refractivity contribution in [2.24, 2.45) is 0 Å². The predicted octanol–water partition coefficient (Wildman–Crippen LogP) is 3.17. The first kappa shape index (κ1) is 14.6. The standard InChI is InChI=1S/C13H16Cl2FN3/c1-18(2)5-6-19-12-8-10(16)9(15)7-11(12)17-13(19)3-4-14/h7-8H,3-6H2,1-2H3. The van der Waals surface area contributed by atoms with Crippen molar-refractivity contribution in [3.05, 3.63) is 28.8 Å². The van der Waals surface area contributed by atoms with Crippen molar-refractivity contribution < 1.29 is 4.39 Å². The smallest absolute Gasteiger partial charge is 0.144 e. The summed E-state index contributed by atoms with van der Waals surface area (Å²) in [7, 11) is 4.00. The van der Waals surface area contributed by atoms with E-state index in [-0.39, 0.29) is 5.02 Å². The minimum atomic E-state index is -0.419. The molecule has 0 N–H and O–H groups in total. The summed E-state index contributed by atoms with van der Waals surface area (Å²) >= 11 is 11.6. The Balaban J connectivity index is 2.48. The molecule has 0 aliphatic heterocycles. The van der Waals surface area contributed by atoms with Crippen molar-refractivity contribution in [3.63, 3.8) is 0 Å². The highest BCUT2D eigenvalue weighted by molar-refractivity contribution is 6.31. The highest BCUT2D eigenvalue weighted by Gasteiger charge is 2.13. The van der Waals surface area contributed by atoms with Crippen LogP contribution in [0.5, 0.6) is 0 Å². The van der Waals surface area contributed by atoms with E-state index >= 15 is 0 Å². The lowest BCUT2D eigenvalue weighted by Gasteiger charge is -2.13. The number of rotatable bonds is 5. The quantitative estimate of drug-likeness (QED) is 0.791. The van der Waals surface area contributed by atoms with Crippen LogP contribution < -0.4 is 0 Å². The Morgan fingerprint density at radius 3 is 2.74 bits per heavy atom. The SMILES string of the molecule is CN(C)CCn1c(CCCl)nc2cc(Cl)c(F)cc21. The summed E-state index contributed by atoms with van der Waals surface area (Å²) in [6, 6.07) is 3.01. The molecule has 0 aliphatic rings. The molecule has 0 spiro atoms. The van der Waals surface area contributed by atoms with Crippen LogP contribution in [0, 0.1) is 5.82 Å². The predicted molar refractivity (Wildman–Crippen MR) is 77.7 cm³/mol. The Morgan fingerprint density at radius 2 is 2.11 bits per heavy atom. The first-order chi connectivity index (χ1) is 9.02. The van der Waals surface area contributed by atoms with Crippen molar-refractivity contribution in [1.82, 2.24) is 14.5 Å². The lowest BCUT2D eigenvalue weighted by Crippen LogP contribution is -2.19. The third-order valence-corrected chi connectivity index (χ3v) is 3.44. The summed E-state index contributed by atoms with van der Waals surface area (Å²) in [4.78, 5) is 6.56. The van der Waals surface area contributed by atoms with Gasteiger partial charge in [0.2, 0.25) is 0 Å².